The molecule has 6 heteroatoms. The summed E-state index contributed by atoms with van der Waals surface area (Å²) in [5, 5.41) is 2.69. The molecule has 2 atom stereocenters. The zero-order valence-corrected chi connectivity index (χ0v) is 13.3. The van der Waals surface area contributed by atoms with Gasteiger partial charge >= 0.3 is 0 Å². The summed E-state index contributed by atoms with van der Waals surface area (Å²) in [6.07, 6.45) is 2.55. The highest BCUT2D eigenvalue weighted by Gasteiger charge is 2.21. The van der Waals surface area contributed by atoms with Gasteiger partial charge in [0.1, 0.15) is 0 Å². The van der Waals surface area contributed by atoms with Crippen molar-refractivity contribution in [1.29, 1.82) is 0 Å². The number of likely N-dealkylation sites (tertiary alicyclic amines) is 1. The molecular formula is C13H29N3O2S. The fourth-order valence-electron chi connectivity index (χ4n) is 2.33. The molecule has 2 N–H and O–H groups in total. The minimum atomic E-state index is -3.19. The second kappa shape index (κ2) is 8.19. The summed E-state index contributed by atoms with van der Waals surface area (Å²) in [5.74, 6) is 0.360. The van der Waals surface area contributed by atoms with E-state index in [9.17, 15) is 8.42 Å². The molecule has 0 saturated carbocycles. The molecule has 5 nitrogen and oxygen atoms in total. The lowest BCUT2D eigenvalue weighted by Crippen LogP contribution is -2.41. The van der Waals surface area contributed by atoms with Crippen LogP contribution in [-0.4, -0.2) is 57.8 Å². The average Bonchev–Trinajstić information content (AvgIpc) is 2.86. The molecular weight excluding hydrogens is 262 g/mol. The predicted molar refractivity (Wildman–Crippen MR) is 79.8 cm³/mol. The minimum Gasteiger partial charge on any atom is -0.316 e. The first-order valence-corrected chi connectivity index (χ1v) is 8.92. The van der Waals surface area contributed by atoms with E-state index in [2.05, 4.69) is 21.9 Å². The van der Waals surface area contributed by atoms with Crippen LogP contribution in [0.1, 0.15) is 33.6 Å². The van der Waals surface area contributed by atoms with Gasteiger partial charge in [0, 0.05) is 19.6 Å². The summed E-state index contributed by atoms with van der Waals surface area (Å²) in [7, 11) is -3.19. The Balaban J connectivity index is 2.28. The van der Waals surface area contributed by atoms with Gasteiger partial charge in [0.2, 0.25) is 10.0 Å². The molecule has 2 unspecified atom stereocenters. The van der Waals surface area contributed by atoms with Gasteiger partial charge in [-0.15, -0.1) is 0 Å². The van der Waals surface area contributed by atoms with Crippen molar-refractivity contribution in [3.63, 3.8) is 0 Å². The van der Waals surface area contributed by atoms with Crippen LogP contribution in [0.4, 0.5) is 0 Å². The normalized spacial score (nSPS) is 20.6. The molecule has 0 aliphatic carbocycles. The number of rotatable bonds is 9. The van der Waals surface area contributed by atoms with Gasteiger partial charge in [-0.3, -0.25) is 0 Å². The fraction of sp³-hybridized carbons (Fsp3) is 1.00. The number of nitrogens with zero attached hydrogens (tertiary/aromatic N) is 1. The van der Waals surface area contributed by atoms with Crippen LogP contribution in [0, 0.1) is 5.92 Å². The van der Waals surface area contributed by atoms with Crippen LogP contribution < -0.4 is 10.0 Å². The van der Waals surface area contributed by atoms with Crippen molar-refractivity contribution in [2.24, 2.45) is 5.92 Å². The van der Waals surface area contributed by atoms with Crippen molar-refractivity contribution in [2.75, 3.05) is 39.3 Å². The van der Waals surface area contributed by atoms with Gasteiger partial charge in [-0.1, -0.05) is 13.8 Å². The quantitative estimate of drug-likeness (QED) is 0.654. The molecule has 1 fully saturated rings. The van der Waals surface area contributed by atoms with E-state index >= 15 is 0 Å². The van der Waals surface area contributed by atoms with E-state index < -0.39 is 10.0 Å². The summed E-state index contributed by atoms with van der Waals surface area (Å²) in [4.78, 5) is 2.42. The van der Waals surface area contributed by atoms with Gasteiger partial charge in [-0.05, 0) is 45.3 Å². The van der Waals surface area contributed by atoms with Crippen LogP contribution in [0.5, 0.6) is 0 Å². The number of hydrogen-bond donors (Lipinski definition) is 2. The molecule has 0 bridgehead atoms. The molecule has 1 aliphatic heterocycles. The standard InChI is InChI=1S/C13H29N3O2S/c1-4-14-10-13(3)19(17,18)15-9-12(2)11-16-7-5-6-8-16/h12-15H,4-11H2,1-3H3. The number of hydrogen-bond acceptors (Lipinski definition) is 4. The highest BCUT2D eigenvalue weighted by molar-refractivity contribution is 7.90. The van der Waals surface area contributed by atoms with Crippen molar-refractivity contribution in [2.45, 2.75) is 38.9 Å². The largest absolute Gasteiger partial charge is 0.316 e. The summed E-state index contributed by atoms with van der Waals surface area (Å²) in [6, 6.07) is 0. The third kappa shape index (κ3) is 6.21. The third-order valence-electron chi connectivity index (χ3n) is 3.61. The maximum Gasteiger partial charge on any atom is 0.215 e. The van der Waals surface area contributed by atoms with Gasteiger partial charge in [0.25, 0.3) is 0 Å². The molecule has 0 amide bonds. The van der Waals surface area contributed by atoms with E-state index in [1.165, 1.54) is 12.8 Å². The van der Waals surface area contributed by atoms with Gasteiger partial charge in [0.15, 0.2) is 0 Å². The second-order valence-corrected chi connectivity index (χ2v) is 7.81. The Morgan fingerprint density at radius 2 is 1.79 bits per heavy atom. The van der Waals surface area contributed by atoms with E-state index in [1.54, 1.807) is 6.92 Å². The zero-order valence-electron chi connectivity index (χ0n) is 12.5. The highest BCUT2D eigenvalue weighted by atomic mass is 32.2. The van der Waals surface area contributed by atoms with Crippen LogP contribution in [0.25, 0.3) is 0 Å². The molecule has 1 heterocycles. The zero-order chi connectivity index (χ0) is 14.3. The first-order valence-electron chi connectivity index (χ1n) is 7.37. The van der Waals surface area contributed by atoms with Gasteiger partial charge in [0.05, 0.1) is 5.25 Å². The van der Waals surface area contributed by atoms with Gasteiger partial charge in [-0.2, -0.15) is 0 Å². The molecule has 0 radical (unpaired) electrons. The van der Waals surface area contributed by atoms with E-state index in [1.807, 2.05) is 6.92 Å². The van der Waals surface area contributed by atoms with Crippen LogP contribution in [0.3, 0.4) is 0 Å². The summed E-state index contributed by atoms with van der Waals surface area (Å²) >= 11 is 0. The van der Waals surface area contributed by atoms with Crippen LogP contribution in [0.2, 0.25) is 0 Å². The molecule has 0 aromatic rings. The molecule has 1 saturated heterocycles. The molecule has 0 aromatic carbocycles. The van der Waals surface area contributed by atoms with Crippen molar-refractivity contribution in [1.82, 2.24) is 14.9 Å². The van der Waals surface area contributed by atoms with Crippen molar-refractivity contribution >= 4 is 10.0 Å². The smallest absolute Gasteiger partial charge is 0.215 e. The van der Waals surface area contributed by atoms with Crippen molar-refractivity contribution < 1.29 is 8.42 Å². The predicted octanol–water partition coefficient (Wildman–Crippen LogP) is 0.636. The van der Waals surface area contributed by atoms with E-state index in [0.29, 0.717) is 19.0 Å². The first kappa shape index (κ1) is 16.9. The van der Waals surface area contributed by atoms with Crippen molar-refractivity contribution in [3.8, 4) is 0 Å². The molecule has 19 heavy (non-hydrogen) atoms. The molecule has 0 aromatic heterocycles. The molecule has 114 valence electrons. The van der Waals surface area contributed by atoms with E-state index in [-0.39, 0.29) is 5.25 Å². The molecule has 1 aliphatic rings. The lowest BCUT2D eigenvalue weighted by Gasteiger charge is -2.21. The lowest BCUT2D eigenvalue weighted by molar-refractivity contribution is 0.288. The van der Waals surface area contributed by atoms with Gasteiger partial charge < -0.3 is 10.2 Å². The average molecular weight is 291 g/mol. The van der Waals surface area contributed by atoms with Crippen LogP contribution in [-0.2, 0) is 10.0 Å². The van der Waals surface area contributed by atoms with Crippen LogP contribution >= 0.6 is 0 Å². The second-order valence-electron chi connectivity index (χ2n) is 5.62. The Hall–Kier alpha value is -0.170. The lowest BCUT2D eigenvalue weighted by atomic mass is 10.2. The number of sulfonamides is 1. The SMILES string of the molecule is CCNCC(C)S(=O)(=O)NCC(C)CN1CCCC1. The summed E-state index contributed by atoms with van der Waals surface area (Å²) in [6.45, 7) is 11.0. The minimum absolute atomic E-state index is 0.360. The summed E-state index contributed by atoms with van der Waals surface area (Å²) in [5.41, 5.74) is 0. The first-order chi connectivity index (χ1) is 8.95. The van der Waals surface area contributed by atoms with E-state index in [4.69, 9.17) is 0 Å². The van der Waals surface area contributed by atoms with E-state index in [0.717, 1.165) is 26.2 Å². The van der Waals surface area contributed by atoms with Gasteiger partial charge in [-0.25, -0.2) is 13.1 Å². The maximum atomic E-state index is 12.0. The Morgan fingerprint density at radius 3 is 2.37 bits per heavy atom. The van der Waals surface area contributed by atoms with Crippen LogP contribution in [0.15, 0.2) is 0 Å². The fourth-order valence-corrected chi connectivity index (χ4v) is 3.47. The third-order valence-corrected chi connectivity index (χ3v) is 5.41. The monoisotopic (exact) mass is 291 g/mol. The Morgan fingerprint density at radius 1 is 1.16 bits per heavy atom. The number of nitrogens with one attached hydrogen (secondary N) is 2. The Kier molecular flexibility index (Phi) is 7.28. The Bertz CT molecular complexity index is 340. The summed E-state index contributed by atoms with van der Waals surface area (Å²) < 4.78 is 26.8. The maximum absolute atomic E-state index is 12.0. The molecule has 0 spiro atoms. The molecule has 1 rings (SSSR count). The Labute approximate surface area is 118 Å². The topological polar surface area (TPSA) is 61.4 Å². The van der Waals surface area contributed by atoms with Crippen molar-refractivity contribution in [3.05, 3.63) is 0 Å². The highest BCUT2D eigenvalue weighted by Crippen LogP contribution is 2.10.